The van der Waals surface area contributed by atoms with E-state index in [0.717, 1.165) is 0 Å². The van der Waals surface area contributed by atoms with Crippen molar-refractivity contribution >= 4 is 5.91 Å². The lowest BCUT2D eigenvalue weighted by Crippen LogP contribution is -2.39. The molecule has 1 fully saturated rings. The molecule has 1 aliphatic rings. The van der Waals surface area contributed by atoms with Gasteiger partial charge in [0, 0.05) is 6.42 Å². The molecule has 0 aliphatic carbocycles. The molecule has 1 rings (SSSR count). The second-order valence-corrected chi connectivity index (χ2v) is 2.56. The normalized spacial score (nSPS) is 17.9. The van der Waals surface area contributed by atoms with E-state index in [1.807, 2.05) is 6.92 Å². The Bertz CT molecular complexity index is 177. The summed E-state index contributed by atoms with van der Waals surface area (Å²) >= 11 is 0. The number of carbonyl (C=O) groups is 1. The molecule has 0 bridgehead atoms. The highest BCUT2D eigenvalue weighted by molar-refractivity contribution is 5.76. The Morgan fingerprint density at radius 1 is 1.82 bits per heavy atom. The van der Waals surface area contributed by atoms with Crippen molar-refractivity contribution in [1.82, 2.24) is 4.90 Å². The van der Waals surface area contributed by atoms with E-state index in [9.17, 15) is 4.79 Å². The second kappa shape index (κ2) is 3.42. The average Bonchev–Trinajstić information content (AvgIpc) is 2.03. The average molecular weight is 155 g/mol. The van der Waals surface area contributed by atoms with Crippen LogP contribution < -0.4 is 0 Å². The van der Waals surface area contributed by atoms with Gasteiger partial charge in [0.1, 0.15) is 12.4 Å². The van der Waals surface area contributed by atoms with Crippen LogP contribution in [0.5, 0.6) is 0 Å². The lowest BCUT2D eigenvalue weighted by atomic mass is 10.3. The summed E-state index contributed by atoms with van der Waals surface area (Å²) in [6, 6.07) is 0. The van der Waals surface area contributed by atoms with Crippen molar-refractivity contribution in [3.8, 4) is 0 Å². The molecule has 0 aromatic carbocycles. The molecule has 1 amide bonds. The molecule has 0 aromatic rings. The Morgan fingerprint density at radius 2 is 2.55 bits per heavy atom. The lowest BCUT2D eigenvalue weighted by Gasteiger charge is -2.28. The highest BCUT2D eigenvalue weighted by Crippen LogP contribution is 2.06. The summed E-state index contributed by atoms with van der Waals surface area (Å²) in [5, 5.41) is 0. The first-order valence-electron chi connectivity index (χ1n) is 3.82. The van der Waals surface area contributed by atoms with Crippen molar-refractivity contribution in [2.24, 2.45) is 0 Å². The third-order valence-corrected chi connectivity index (χ3v) is 1.69. The molecule has 0 saturated carbocycles. The third kappa shape index (κ3) is 1.97. The van der Waals surface area contributed by atoms with E-state index >= 15 is 0 Å². The van der Waals surface area contributed by atoms with Gasteiger partial charge in [0.2, 0.25) is 5.91 Å². The number of nitrogens with zero attached hydrogens (tertiary/aromatic N) is 1. The van der Waals surface area contributed by atoms with Gasteiger partial charge in [-0.2, -0.15) is 0 Å². The van der Waals surface area contributed by atoms with Gasteiger partial charge in [0.25, 0.3) is 0 Å². The first kappa shape index (κ1) is 8.11. The van der Waals surface area contributed by atoms with Crippen LogP contribution in [0.2, 0.25) is 0 Å². The molecule has 0 spiro atoms. The van der Waals surface area contributed by atoms with Crippen molar-refractivity contribution < 1.29 is 9.53 Å². The van der Waals surface area contributed by atoms with Gasteiger partial charge < -0.3 is 9.64 Å². The first-order chi connectivity index (χ1) is 5.24. The minimum Gasteiger partial charge on any atom is -0.495 e. The SMILES string of the molecule is C=C1CN(C(=O)CC)CCO1. The van der Waals surface area contributed by atoms with Gasteiger partial charge in [0.15, 0.2) is 0 Å². The van der Waals surface area contributed by atoms with E-state index in [0.29, 0.717) is 31.9 Å². The Labute approximate surface area is 66.6 Å². The van der Waals surface area contributed by atoms with Gasteiger partial charge >= 0.3 is 0 Å². The summed E-state index contributed by atoms with van der Waals surface area (Å²) in [5.41, 5.74) is 0. The van der Waals surface area contributed by atoms with E-state index in [1.54, 1.807) is 4.90 Å². The molecular weight excluding hydrogens is 142 g/mol. The minimum absolute atomic E-state index is 0.175. The maximum atomic E-state index is 11.1. The Morgan fingerprint density at radius 3 is 3.09 bits per heavy atom. The predicted octanol–water partition coefficient (Wildman–Crippen LogP) is 0.769. The quantitative estimate of drug-likeness (QED) is 0.559. The Kier molecular flexibility index (Phi) is 2.52. The van der Waals surface area contributed by atoms with Crippen molar-refractivity contribution in [3.05, 3.63) is 12.3 Å². The largest absolute Gasteiger partial charge is 0.495 e. The monoisotopic (exact) mass is 155 g/mol. The molecule has 1 saturated heterocycles. The van der Waals surface area contributed by atoms with Crippen LogP contribution in [-0.2, 0) is 9.53 Å². The number of hydrogen-bond acceptors (Lipinski definition) is 2. The number of carbonyl (C=O) groups excluding carboxylic acids is 1. The van der Waals surface area contributed by atoms with Crippen LogP contribution in [0.4, 0.5) is 0 Å². The number of ether oxygens (including phenoxy) is 1. The lowest BCUT2D eigenvalue weighted by molar-refractivity contribution is -0.133. The Balaban J connectivity index is 2.45. The highest BCUT2D eigenvalue weighted by atomic mass is 16.5. The molecule has 62 valence electrons. The van der Waals surface area contributed by atoms with Crippen LogP contribution in [0.25, 0.3) is 0 Å². The topological polar surface area (TPSA) is 29.5 Å². The van der Waals surface area contributed by atoms with Gasteiger partial charge in [-0.25, -0.2) is 0 Å². The summed E-state index contributed by atoms with van der Waals surface area (Å²) in [7, 11) is 0. The third-order valence-electron chi connectivity index (χ3n) is 1.69. The van der Waals surface area contributed by atoms with Crippen molar-refractivity contribution in [2.75, 3.05) is 19.7 Å². The zero-order valence-electron chi connectivity index (χ0n) is 6.80. The maximum Gasteiger partial charge on any atom is 0.222 e. The second-order valence-electron chi connectivity index (χ2n) is 2.56. The van der Waals surface area contributed by atoms with Crippen molar-refractivity contribution in [2.45, 2.75) is 13.3 Å². The molecule has 3 nitrogen and oxygen atoms in total. The first-order valence-corrected chi connectivity index (χ1v) is 3.82. The van der Waals surface area contributed by atoms with Gasteiger partial charge in [0.05, 0.1) is 13.1 Å². The van der Waals surface area contributed by atoms with Crippen LogP contribution in [-0.4, -0.2) is 30.5 Å². The predicted molar refractivity (Wildman–Crippen MR) is 42.0 cm³/mol. The number of morpholine rings is 1. The highest BCUT2D eigenvalue weighted by Gasteiger charge is 2.16. The fraction of sp³-hybridized carbons (Fsp3) is 0.625. The standard InChI is InChI=1S/C8H13NO2/c1-3-8(10)9-4-5-11-7(2)6-9/h2-6H2,1H3. The summed E-state index contributed by atoms with van der Waals surface area (Å²) in [6.07, 6.45) is 0.563. The van der Waals surface area contributed by atoms with Gasteiger partial charge in [-0.05, 0) is 0 Å². The molecular formula is C8H13NO2. The van der Waals surface area contributed by atoms with E-state index in [-0.39, 0.29) is 5.91 Å². The van der Waals surface area contributed by atoms with Crippen LogP contribution in [0.3, 0.4) is 0 Å². The van der Waals surface area contributed by atoms with Crippen LogP contribution >= 0.6 is 0 Å². The maximum absolute atomic E-state index is 11.1. The summed E-state index contributed by atoms with van der Waals surface area (Å²) < 4.78 is 5.11. The zero-order chi connectivity index (χ0) is 8.27. The minimum atomic E-state index is 0.175. The number of amides is 1. The Hall–Kier alpha value is -0.990. The summed E-state index contributed by atoms with van der Waals surface area (Å²) in [6.45, 7) is 7.38. The number of rotatable bonds is 1. The van der Waals surface area contributed by atoms with Crippen LogP contribution in [0, 0.1) is 0 Å². The van der Waals surface area contributed by atoms with Gasteiger partial charge in [-0.3, -0.25) is 4.79 Å². The molecule has 3 heteroatoms. The van der Waals surface area contributed by atoms with Gasteiger partial charge in [-0.1, -0.05) is 13.5 Å². The molecule has 0 N–H and O–H groups in total. The van der Waals surface area contributed by atoms with Crippen molar-refractivity contribution in [3.63, 3.8) is 0 Å². The van der Waals surface area contributed by atoms with E-state index < -0.39 is 0 Å². The molecule has 0 radical (unpaired) electrons. The summed E-state index contributed by atoms with van der Waals surface area (Å²) in [5.74, 6) is 0.868. The van der Waals surface area contributed by atoms with Crippen molar-refractivity contribution in [1.29, 1.82) is 0 Å². The van der Waals surface area contributed by atoms with Crippen LogP contribution in [0.1, 0.15) is 13.3 Å². The summed E-state index contributed by atoms with van der Waals surface area (Å²) in [4.78, 5) is 12.9. The number of hydrogen-bond donors (Lipinski definition) is 0. The van der Waals surface area contributed by atoms with E-state index in [2.05, 4.69) is 6.58 Å². The fourth-order valence-corrected chi connectivity index (χ4v) is 1.07. The molecule has 11 heavy (non-hydrogen) atoms. The molecule has 0 aromatic heterocycles. The van der Waals surface area contributed by atoms with E-state index in [1.165, 1.54) is 0 Å². The molecule has 0 atom stereocenters. The fourth-order valence-electron chi connectivity index (χ4n) is 1.07. The van der Waals surface area contributed by atoms with Gasteiger partial charge in [-0.15, -0.1) is 0 Å². The van der Waals surface area contributed by atoms with E-state index in [4.69, 9.17) is 4.74 Å². The van der Waals surface area contributed by atoms with Crippen LogP contribution in [0.15, 0.2) is 12.3 Å². The molecule has 1 heterocycles. The smallest absolute Gasteiger partial charge is 0.222 e. The zero-order valence-corrected chi connectivity index (χ0v) is 6.80. The molecule has 0 unspecified atom stereocenters. The molecule has 1 aliphatic heterocycles.